The molecule has 1 aliphatic heterocycles. The molecule has 0 radical (unpaired) electrons. The number of nitrogens with one attached hydrogen (secondary N) is 1. The van der Waals surface area contributed by atoms with Gasteiger partial charge in [0.05, 0.1) is 30.2 Å². The number of imidazole rings is 1. The summed E-state index contributed by atoms with van der Waals surface area (Å²) in [5, 5.41) is 16.0. The van der Waals surface area contributed by atoms with E-state index < -0.39 is 11.7 Å². The van der Waals surface area contributed by atoms with E-state index in [1.165, 1.54) is 6.20 Å². The molecule has 0 spiro atoms. The topological polar surface area (TPSA) is 92.3 Å². The molecule has 28 heavy (non-hydrogen) atoms. The summed E-state index contributed by atoms with van der Waals surface area (Å²) in [6.45, 7) is 6.80. The fourth-order valence-electron chi connectivity index (χ4n) is 3.60. The Balaban J connectivity index is 1.75. The number of carbonyl (C=O) groups excluding carboxylic acids is 1. The highest BCUT2D eigenvalue weighted by Crippen LogP contribution is 2.28. The number of hydrogen-bond acceptors (Lipinski definition) is 5. The molecule has 1 atom stereocenters. The van der Waals surface area contributed by atoms with Gasteiger partial charge in [0.1, 0.15) is 11.4 Å². The number of benzene rings is 1. The molecule has 1 aromatic carbocycles. The van der Waals surface area contributed by atoms with Gasteiger partial charge in [0.25, 0.3) is 0 Å². The van der Waals surface area contributed by atoms with Crippen LogP contribution >= 0.6 is 0 Å². The van der Waals surface area contributed by atoms with E-state index in [0.29, 0.717) is 37.2 Å². The van der Waals surface area contributed by atoms with Gasteiger partial charge in [-0.15, -0.1) is 0 Å². The van der Waals surface area contributed by atoms with Crippen LogP contribution in [0.1, 0.15) is 32.6 Å². The van der Waals surface area contributed by atoms with Gasteiger partial charge in [-0.25, -0.2) is 9.78 Å². The summed E-state index contributed by atoms with van der Waals surface area (Å²) < 4.78 is 14.0. The van der Waals surface area contributed by atoms with Crippen LogP contribution in [-0.4, -0.2) is 41.0 Å². The molecular formula is C20H24N4O4. The predicted octanol–water partition coefficient (Wildman–Crippen LogP) is 2.46. The highest BCUT2D eigenvalue weighted by Gasteiger charge is 2.27. The number of pyridine rings is 1. The van der Waals surface area contributed by atoms with Crippen LogP contribution in [-0.2, 0) is 15.9 Å². The molecule has 0 fully saturated rings. The quantitative estimate of drug-likeness (QED) is 0.541. The number of amides is 1. The minimum atomic E-state index is -0.561. The lowest BCUT2D eigenvalue weighted by Gasteiger charge is -2.23. The van der Waals surface area contributed by atoms with Crippen LogP contribution < -0.4 is 10.0 Å². The Labute approximate surface area is 162 Å². The lowest BCUT2D eigenvalue weighted by Crippen LogP contribution is -2.37. The van der Waals surface area contributed by atoms with E-state index in [4.69, 9.17) is 9.47 Å². The Bertz CT molecular complexity index is 1040. The van der Waals surface area contributed by atoms with Crippen molar-refractivity contribution in [1.82, 2.24) is 14.9 Å². The second-order valence-corrected chi connectivity index (χ2v) is 7.97. The first-order chi connectivity index (χ1) is 13.3. The molecule has 1 amide bonds. The summed E-state index contributed by atoms with van der Waals surface area (Å²) in [7, 11) is 0. The molecular weight excluding hydrogens is 360 g/mol. The van der Waals surface area contributed by atoms with Crippen LogP contribution in [0.3, 0.4) is 0 Å². The fourth-order valence-corrected chi connectivity index (χ4v) is 3.60. The molecule has 0 bridgehead atoms. The smallest absolute Gasteiger partial charge is 0.407 e. The standard InChI is InChI=1S/C20H24N4O4/c1-20(2,3)28-19(25)21-10-13-12-27-9-8-17-22-15-11-23(26)16-7-5-4-6-14(16)18(15)24(13)17/h4-7,11,13H,8-10,12H2,1-3H3,(H,21,25)/t13-/m0/s1. The van der Waals surface area contributed by atoms with Crippen LogP contribution in [0.5, 0.6) is 0 Å². The highest BCUT2D eigenvalue weighted by molar-refractivity contribution is 6.00. The van der Waals surface area contributed by atoms with Gasteiger partial charge in [-0.1, -0.05) is 12.1 Å². The van der Waals surface area contributed by atoms with Gasteiger partial charge in [-0.3, -0.25) is 0 Å². The summed E-state index contributed by atoms with van der Waals surface area (Å²) in [4.78, 5) is 16.8. The molecule has 1 aliphatic rings. The number of fused-ring (bicyclic) bond motifs is 5. The lowest BCUT2D eigenvalue weighted by molar-refractivity contribution is -0.575. The number of ether oxygens (including phenoxy) is 2. The third kappa shape index (κ3) is 3.47. The first-order valence-corrected chi connectivity index (χ1v) is 9.40. The van der Waals surface area contributed by atoms with Crippen molar-refractivity contribution in [3.8, 4) is 0 Å². The maximum Gasteiger partial charge on any atom is 0.407 e. The van der Waals surface area contributed by atoms with Crippen molar-refractivity contribution >= 4 is 28.0 Å². The molecule has 8 nitrogen and oxygen atoms in total. The van der Waals surface area contributed by atoms with Crippen molar-refractivity contribution < 1.29 is 19.0 Å². The van der Waals surface area contributed by atoms with Gasteiger partial charge in [-0.2, -0.15) is 4.73 Å². The van der Waals surface area contributed by atoms with E-state index in [-0.39, 0.29) is 6.04 Å². The molecule has 3 aromatic rings. The first kappa shape index (κ1) is 18.5. The van der Waals surface area contributed by atoms with E-state index in [9.17, 15) is 10.0 Å². The zero-order valence-electron chi connectivity index (χ0n) is 16.3. The van der Waals surface area contributed by atoms with Gasteiger partial charge in [0, 0.05) is 19.0 Å². The van der Waals surface area contributed by atoms with Crippen LogP contribution in [0.4, 0.5) is 4.79 Å². The summed E-state index contributed by atoms with van der Waals surface area (Å²) in [5.41, 5.74) is 1.56. The second kappa shape index (κ2) is 6.94. The van der Waals surface area contributed by atoms with E-state index >= 15 is 0 Å². The van der Waals surface area contributed by atoms with Crippen molar-refractivity contribution in [3.63, 3.8) is 0 Å². The monoisotopic (exact) mass is 384 g/mol. The molecule has 2 aromatic heterocycles. The number of nitrogens with zero attached hydrogens (tertiary/aromatic N) is 3. The highest BCUT2D eigenvalue weighted by atomic mass is 16.6. The van der Waals surface area contributed by atoms with Crippen LogP contribution in [0.2, 0.25) is 0 Å². The number of rotatable bonds is 2. The Morgan fingerprint density at radius 3 is 3.00 bits per heavy atom. The second-order valence-electron chi connectivity index (χ2n) is 7.97. The average Bonchev–Trinajstić information content (AvgIpc) is 2.86. The molecule has 148 valence electrons. The van der Waals surface area contributed by atoms with Crippen molar-refractivity contribution in [2.75, 3.05) is 19.8 Å². The Morgan fingerprint density at radius 2 is 2.21 bits per heavy atom. The number of carbonyl (C=O) groups is 1. The van der Waals surface area contributed by atoms with E-state index in [0.717, 1.165) is 21.5 Å². The van der Waals surface area contributed by atoms with Crippen molar-refractivity contribution in [1.29, 1.82) is 0 Å². The van der Waals surface area contributed by atoms with Crippen molar-refractivity contribution in [3.05, 3.63) is 41.5 Å². The average molecular weight is 384 g/mol. The first-order valence-electron chi connectivity index (χ1n) is 9.40. The molecule has 3 heterocycles. The lowest BCUT2D eigenvalue weighted by atomic mass is 10.1. The van der Waals surface area contributed by atoms with Gasteiger partial charge in [-0.05, 0) is 26.8 Å². The van der Waals surface area contributed by atoms with E-state index in [2.05, 4.69) is 14.9 Å². The van der Waals surface area contributed by atoms with Crippen molar-refractivity contribution in [2.45, 2.75) is 38.8 Å². The zero-order valence-corrected chi connectivity index (χ0v) is 16.3. The van der Waals surface area contributed by atoms with Crippen LogP contribution in [0, 0.1) is 5.21 Å². The Hall–Kier alpha value is -2.87. The van der Waals surface area contributed by atoms with Crippen LogP contribution in [0.15, 0.2) is 30.5 Å². The molecule has 8 heteroatoms. The number of para-hydroxylation sites is 1. The van der Waals surface area contributed by atoms with E-state index in [1.807, 2.05) is 39.0 Å². The predicted molar refractivity (Wildman–Crippen MR) is 104 cm³/mol. The summed E-state index contributed by atoms with van der Waals surface area (Å²) >= 11 is 0. The summed E-state index contributed by atoms with van der Waals surface area (Å²) in [5.74, 6) is 0.847. The van der Waals surface area contributed by atoms with E-state index in [1.54, 1.807) is 6.07 Å². The van der Waals surface area contributed by atoms with Crippen LogP contribution in [0.25, 0.3) is 21.9 Å². The molecule has 0 unspecified atom stereocenters. The molecule has 1 N–H and O–H groups in total. The van der Waals surface area contributed by atoms with Crippen molar-refractivity contribution in [2.24, 2.45) is 0 Å². The molecule has 0 saturated carbocycles. The Morgan fingerprint density at radius 1 is 1.43 bits per heavy atom. The maximum absolute atomic E-state index is 12.4. The van der Waals surface area contributed by atoms with Gasteiger partial charge in [0.15, 0.2) is 5.52 Å². The number of alkyl carbamates (subject to hydrolysis) is 1. The van der Waals surface area contributed by atoms with Gasteiger partial charge < -0.3 is 24.6 Å². The van der Waals surface area contributed by atoms with Gasteiger partial charge in [0.2, 0.25) is 11.7 Å². The SMILES string of the molecule is CC(C)(C)OC(=O)NC[C@H]1COCCc2nc3c[n+]([O-])c4ccccc4c3n21. The summed E-state index contributed by atoms with van der Waals surface area (Å²) in [6, 6.07) is 7.31. The number of aromatic nitrogens is 3. The third-order valence-electron chi connectivity index (χ3n) is 4.67. The summed E-state index contributed by atoms with van der Waals surface area (Å²) in [6.07, 6.45) is 1.69. The number of hydrogen-bond donors (Lipinski definition) is 1. The zero-order chi connectivity index (χ0) is 19.9. The molecule has 4 rings (SSSR count). The minimum Gasteiger partial charge on any atom is -0.618 e. The molecule has 0 saturated heterocycles. The fraction of sp³-hybridized carbons (Fsp3) is 0.450. The van der Waals surface area contributed by atoms with Gasteiger partial charge >= 0.3 is 6.09 Å². The Kier molecular flexibility index (Phi) is 4.58. The normalized spacial score (nSPS) is 17.3. The minimum absolute atomic E-state index is 0.152. The molecule has 0 aliphatic carbocycles. The largest absolute Gasteiger partial charge is 0.618 e. The maximum atomic E-state index is 12.4. The third-order valence-corrected chi connectivity index (χ3v) is 4.67.